The number of hydrogen-bond donors (Lipinski definition) is 1. The molecular weight excluding hydrogens is 206 g/mol. The smallest absolute Gasteiger partial charge is 0.321 e. The van der Waals surface area contributed by atoms with Crippen LogP contribution in [0, 0.1) is 5.92 Å². The second-order valence-corrected chi connectivity index (χ2v) is 5.74. The van der Waals surface area contributed by atoms with Crippen molar-refractivity contribution < 1.29 is 14.6 Å². The average molecular weight is 227 g/mol. The van der Waals surface area contributed by atoms with Gasteiger partial charge in [-0.2, -0.15) is 0 Å². The van der Waals surface area contributed by atoms with Crippen LogP contribution in [0.5, 0.6) is 0 Å². The summed E-state index contributed by atoms with van der Waals surface area (Å²) in [5, 5.41) is 9.31. The van der Waals surface area contributed by atoms with Crippen molar-refractivity contribution >= 4 is 5.97 Å². The van der Waals surface area contributed by atoms with E-state index in [0.29, 0.717) is 12.5 Å². The molecule has 1 saturated carbocycles. The first-order valence-electron chi connectivity index (χ1n) is 6.04. The van der Waals surface area contributed by atoms with E-state index < -0.39 is 5.97 Å². The van der Waals surface area contributed by atoms with E-state index in [1.54, 1.807) is 0 Å². The van der Waals surface area contributed by atoms with Gasteiger partial charge in [0.15, 0.2) is 0 Å². The fraction of sp³-hybridized carbons (Fsp3) is 0.917. The van der Waals surface area contributed by atoms with Gasteiger partial charge in [0.25, 0.3) is 0 Å². The maximum Gasteiger partial charge on any atom is 0.321 e. The molecule has 0 bridgehead atoms. The highest BCUT2D eigenvalue weighted by Gasteiger charge is 2.44. The van der Waals surface area contributed by atoms with Crippen LogP contribution in [0.4, 0.5) is 0 Å². The number of carboxylic acid groups (broad SMARTS) is 1. The van der Waals surface area contributed by atoms with Crippen molar-refractivity contribution in [1.29, 1.82) is 0 Å². The van der Waals surface area contributed by atoms with Crippen LogP contribution in [0.3, 0.4) is 0 Å². The van der Waals surface area contributed by atoms with Gasteiger partial charge in [0.05, 0.1) is 11.7 Å². The summed E-state index contributed by atoms with van der Waals surface area (Å²) in [6.07, 6.45) is 2.23. The van der Waals surface area contributed by atoms with Gasteiger partial charge in [-0.15, -0.1) is 0 Å². The number of nitrogens with zero attached hydrogens (tertiary/aromatic N) is 1. The summed E-state index contributed by atoms with van der Waals surface area (Å²) < 4.78 is 5.80. The van der Waals surface area contributed by atoms with Crippen LogP contribution in [-0.2, 0) is 9.53 Å². The molecular formula is C12H21NO3. The Labute approximate surface area is 96.6 Å². The van der Waals surface area contributed by atoms with Crippen LogP contribution in [0.25, 0.3) is 0 Å². The molecule has 2 rings (SSSR count). The van der Waals surface area contributed by atoms with Gasteiger partial charge in [-0.3, -0.25) is 9.69 Å². The maximum absolute atomic E-state index is 11.3. The van der Waals surface area contributed by atoms with Gasteiger partial charge in [-0.05, 0) is 39.5 Å². The maximum atomic E-state index is 11.3. The molecule has 0 spiro atoms. The predicted molar refractivity (Wildman–Crippen MR) is 60.3 cm³/mol. The van der Waals surface area contributed by atoms with Crippen LogP contribution in [0.15, 0.2) is 0 Å². The van der Waals surface area contributed by atoms with Crippen LogP contribution in [0.2, 0.25) is 0 Å². The Hall–Kier alpha value is -0.610. The lowest BCUT2D eigenvalue weighted by molar-refractivity contribution is -0.161. The van der Waals surface area contributed by atoms with Crippen molar-refractivity contribution in [2.45, 2.75) is 51.4 Å². The van der Waals surface area contributed by atoms with E-state index in [0.717, 1.165) is 19.4 Å². The Morgan fingerprint density at radius 3 is 2.56 bits per heavy atom. The molecule has 4 heteroatoms. The number of rotatable bonds is 3. The highest BCUT2D eigenvalue weighted by Crippen LogP contribution is 2.37. The molecule has 0 aromatic carbocycles. The first kappa shape index (κ1) is 11.9. The Morgan fingerprint density at radius 1 is 1.50 bits per heavy atom. The summed E-state index contributed by atoms with van der Waals surface area (Å²) in [5.41, 5.74) is -0.236. The molecule has 1 heterocycles. The van der Waals surface area contributed by atoms with E-state index in [4.69, 9.17) is 4.74 Å². The third-order valence-electron chi connectivity index (χ3n) is 3.31. The zero-order chi connectivity index (χ0) is 11.9. The molecule has 0 aromatic rings. The van der Waals surface area contributed by atoms with Gasteiger partial charge in [-0.25, -0.2) is 0 Å². The van der Waals surface area contributed by atoms with E-state index in [-0.39, 0.29) is 17.7 Å². The van der Waals surface area contributed by atoms with Crippen molar-refractivity contribution in [1.82, 2.24) is 4.90 Å². The minimum atomic E-state index is -0.674. The lowest BCUT2D eigenvalue weighted by Gasteiger charge is -2.44. The van der Waals surface area contributed by atoms with Crippen LogP contribution in [0.1, 0.15) is 33.6 Å². The van der Waals surface area contributed by atoms with Crippen molar-refractivity contribution in [2.24, 2.45) is 5.92 Å². The van der Waals surface area contributed by atoms with E-state index in [1.807, 2.05) is 20.8 Å². The van der Waals surface area contributed by atoms with E-state index in [1.165, 1.54) is 0 Å². The van der Waals surface area contributed by atoms with Gasteiger partial charge >= 0.3 is 5.97 Å². The molecule has 2 atom stereocenters. The van der Waals surface area contributed by atoms with E-state index in [9.17, 15) is 9.90 Å². The molecule has 2 aliphatic rings. The van der Waals surface area contributed by atoms with Gasteiger partial charge in [0.2, 0.25) is 0 Å². The van der Waals surface area contributed by atoms with E-state index in [2.05, 4.69) is 4.90 Å². The molecule has 92 valence electrons. The first-order chi connectivity index (χ1) is 7.39. The molecule has 1 aliphatic heterocycles. The number of morpholine rings is 1. The first-order valence-corrected chi connectivity index (χ1v) is 6.04. The number of ether oxygens (including phenoxy) is 1. The molecule has 2 unspecified atom stereocenters. The fourth-order valence-electron chi connectivity index (χ4n) is 2.78. The predicted octanol–water partition coefficient (Wildman–Crippen LogP) is 1.35. The summed E-state index contributed by atoms with van der Waals surface area (Å²) in [7, 11) is 0. The van der Waals surface area contributed by atoms with Crippen molar-refractivity contribution in [2.75, 3.05) is 13.1 Å². The van der Waals surface area contributed by atoms with Crippen LogP contribution >= 0.6 is 0 Å². The zero-order valence-electron chi connectivity index (χ0n) is 10.3. The molecule has 1 N–H and O–H groups in total. The topological polar surface area (TPSA) is 49.8 Å². The number of carboxylic acids is 1. The zero-order valence-corrected chi connectivity index (χ0v) is 10.3. The van der Waals surface area contributed by atoms with Crippen molar-refractivity contribution in [3.8, 4) is 0 Å². The second kappa shape index (κ2) is 4.00. The highest BCUT2D eigenvalue weighted by atomic mass is 16.5. The number of hydrogen-bond acceptors (Lipinski definition) is 3. The highest BCUT2D eigenvalue weighted by molar-refractivity contribution is 5.74. The largest absolute Gasteiger partial charge is 0.480 e. The fourth-order valence-corrected chi connectivity index (χ4v) is 2.78. The van der Waals surface area contributed by atoms with Crippen molar-refractivity contribution in [3.63, 3.8) is 0 Å². The molecule has 4 nitrogen and oxygen atoms in total. The number of carbonyl (C=O) groups is 1. The quantitative estimate of drug-likeness (QED) is 0.790. The molecule has 16 heavy (non-hydrogen) atoms. The second-order valence-electron chi connectivity index (χ2n) is 5.74. The summed E-state index contributed by atoms with van der Waals surface area (Å²) >= 11 is 0. The third kappa shape index (κ3) is 2.55. The summed E-state index contributed by atoms with van der Waals surface area (Å²) in [5.74, 6) is -0.314. The summed E-state index contributed by atoms with van der Waals surface area (Å²) in [6, 6.07) is -0.300. The third-order valence-corrected chi connectivity index (χ3v) is 3.31. The normalized spacial score (nSPS) is 32.3. The van der Waals surface area contributed by atoms with Crippen LogP contribution < -0.4 is 0 Å². The molecule has 1 saturated heterocycles. The van der Waals surface area contributed by atoms with Crippen LogP contribution in [-0.4, -0.2) is 46.8 Å². The standard InChI is InChI=1S/C12H21NO3/c1-8-6-13(7-12(2,3)16-8)10(11(14)15)9-4-5-9/h8-10H,4-7H2,1-3H3,(H,14,15). The van der Waals surface area contributed by atoms with Gasteiger partial charge in [0.1, 0.15) is 6.04 Å². The lowest BCUT2D eigenvalue weighted by atomic mass is 10.0. The van der Waals surface area contributed by atoms with E-state index >= 15 is 0 Å². The minimum Gasteiger partial charge on any atom is -0.480 e. The Balaban J connectivity index is 2.09. The summed E-state index contributed by atoms with van der Waals surface area (Å²) in [4.78, 5) is 13.4. The Morgan fingerprint density at radius 2 is 2.12 bits per heavy atom. The SMILES string of the molecule is CC1CN(C(C(=O)O)C2CC2)CC(C)(C)O1. The van der Waals surface area contributed by atoms with Gasteiger partial charge in [0, 0.05) is 13.1 Å². The monoisotopic (exact) mass is 227 g/mol. The van der Waals surface area contributed by atoms with Gasteiger partial charge < -0.3 is 9.84 Å². The average Bonchev–Trinajstić information content (AvgIpc) is 2.83. The summed E-state index contributed by atoms with van der Waals surface area (Å²) in [6.45, 7) is 7.52. The van der Waals surface area contributed by atoms with Gasteiger partial charge in [-0.1, -0.05) is 0 Å². The Bertz CT molecular complexity index is 286. The molecule has 0 radical (unpaired) electrons. The Kier molecular flexibility index (Phi) is 2.97. The number of aliphatic carboxylic acids is 1. The molecule has 1 aliphatic carbocycles. The minimum absolute atomic E-state index is 0.115. The molecule has 0 aromatic heterocycles. The molecule has 0 amide bonds. The van der Waals surface area contributed by atoms with Crippen molar-refractivity contribution in [3.05, 3.63) is 0 Å². The molecule has 2 fully saturated rings. The lowest BCUT2D eigenvalue weighted by Crippen LogP contribution is -2.57.